The van der Waals surface area contributed by atoms with Gasteiger partial charge in [-0.2, -0.15) is 0 Å². The number of hydrogen-bond acceptors (Lipinski definition) is 6. The molecule has 1 aromatic rings. The number of methoxy groups -OCH3 is 2. The molecule has 23 heavy (non-hydrogen) atoms. The fourth-order valence-corrected chi connectivity index (χ4v) is 2.79. The van der Waals surface area contributed by atoms with Gasteiger partial charge in [0.25, 0.3) is 0 Å². The van der Waals surface area contributed by atoms with Gasteiger partial charge in [0.1, 0.15) is 0 Å². The summed E-state index contributed by atoms with van der Waals surface area (Å²) in [5, 5.41) is 8.95. The molecule has 0 aliphatic carbocycles. The molecule has 1 saturated heterocycles. The number of aliphatic hydroxyl groups excluding tert-OH is 1. The molecule has 0 atom stereocenters. The summed E-state index contributed by atoms with van der Waals surface area (Å²) in [4.78, 5) is 16.9. The van der Waals surface area contributed by atoms with Crippen LogP contribution >= 0.6 is 0 Å². The number of piperazine rings is 1. The Kier molecular flexibility index (Phi) is 6.83. The molecule has 0 unspecified atom stereocenters. The zero-order chi connectivity index (χ0) is 16.7. The molecular weight excluding hydrogens is 296 g/mol. The summed E-state index contributed by atoms with van der Waals surface area (Å²) < 4.78 is 10.4. The third-order valence-electron chi connectivity index (χ3n) is 4.24. The molecule has 0 spiro atoms. The molecule has 2 rings (SSSR count). The van der Waals surface area contributed by atoms with E-state index in [-0.39, 0.29) is 12.4 Å². The van der Waals surface area contributed by atoms with Crippen LogP contribution in [-0.4, -0.2) is 80.8 Å². The second kappa shape index (κ2) is 8.86. The SMILES string of the molecule is COc1ccc(C(=O)CCN2CCN(CCO)CC2)cc1OC. The molecule has 1 fully saturated rings. The van der Waals surface area contributed by atoms with E-state index in [2.05, 4.69) is 9.80 Å². The number of rotatable bonds is 8. The Morgan fingerprint density at radius 1 is 1.04 bits per heavy atom. The Labute approximate surface area is 137 Å². The highest BCUT2D eigenvalue weighted by Crippen LogP contribution is 2.28. The van der Waals surface area contributed by atoms with Crippen molar-refractivity contribution < 1.29 is 19.4 Å². The van der Waals surface area contributed by atoms with Crippen LogP contribution in [0.4, 0.5) is 0 Å². The van der Waals surface area contributed by atoms with Crippen LogP contribution in [-0.2, 0) is 0 Å². The molecule has 0 radical (unpaired) electrons. The van der Waals surface area contributed by atoms with E-state index in [9.17, 15) is 4.79 Å². The van der Waals surface area contributed by atoms with E-state index >= 15 is 0 Å². The molecule has 0 bridgehead atoms. The molecule has 128 valence electrons. The summed E-state index contributed by atoms with van der Waals surface area (Å²) in [6.45, 7) is 5.49. The summed E-state index contributed by atoms with van der Waals surface area (Å²) in [6, 6.07) is 5.28. The zero-order valence-corrected chi connectivity index (χ0v) is 14.0. The van der Waals surface area contributed by atoms with Crippen molar-refractivity contribution in [2.24, 2.45) is 0 Å². The van der Waals surface area contributed by atoms with E-state index in [0.29, 0.717) is 23.5 Å². The van der Waals surface area contributed by atoms with Crippen molar-refractivity contribution >= 4 is 5.78 Å². The zero-order valence-electron chi connectivity index (χ0n) is 14.0. The van der Waals surface area contributed by atoms with Gasteiger partial charge in [-0.15, -0.1) is 0 Å². The standard InChI is InChI=1S/C17H26N2O4/c1-22-16-4-3-14(13-17(16)23-2)15(21)5-6-18-7-9-19(10-8-18)11-12-20/h3-4,13,20H,5-12H2,1-2H3. The second-order valence-corrected chi connectivity index (χ2v) is 5.65. The van der Waals surface area contributed by atoms with Crippen molar-refractivity contribution in [3.63, 3.8) is 0 Å². The number of benzene rings is 1. The number of aliphatic hydroxyl groups is 1. The van der Waals surface area contributed by atoms with Crippen molar-refractivity contribution in [1.29, 1.82) is 0 Å². The molecule has 1 heterocycles. The molecule has 0 saturated carbocycles. The molecule has 6 nitrogen and oxygen atoms in total. The number of β-amino-alcohol motifs (C(OH)–C–C–N with tert-alkyl or cyclic N) is 1. The average Bonchev–Trinajstić information content (AvgIpc) is 2.60. The van der Waals surface area contributed by atoms with Crippen LogP contribution in [0, 0.1) is 0 Å². The van der Waals surface area contributed by atoms with Gasteiger partial charge in [-0.25, -0.2) is 0 Å². The van der Waals surface area contributed by atoms with Crippen molar-refractivity contribution in [1.82, 2.24) is 9.80 Å². The molecule has 0 aromatic heterocycles. The molecule has 1 aliphatic heterocycles. The molecular formula is C17H26N2O4. The van der Waals surface area contributed by atoms with E-state index < -0.39 is 0 Å². The van der Waals surface area contributed by atoms with Crippen LogP contribution in [0.2, 0.25) is 0 Å². The van der Waals surface area contributed by atoms with Crippen molar-refractivity contribution in [2.75, 3.05) is 60.1 Å². The van der Waals surface area contributed by atoms with Gasteiger partial charge < -0.3 is 19.5 Å². The number of nitrogens with zero attached hydrogens (tertiary/aromatic N) is 2. The Bertz CT molecular complexity index is 513. The first-order valence-electron chi connectivity index (χ1n) is 7.98. The van der Waals surface area contributed by atoms with Crippen LogP contribution in [0.25, 0.3) is 0 Å². The van der Waals surface area contributed by atoms with Gasteiger partial charge in [0, 0.05) is 51.3 Å². The predicted molar refractivity (Wildman–Crippen MR) is 88.5 cm³/mol. The summed E-state index contributed by atoms with van der Waals surface area (Å²) >= 11 is 0. The summed E-state index contributed by atoms with van der Waals surface area (Å²) in [5.74, 6) is 1.32. The minimum Gasteiger partial charge on any atom is -0.493 e. The highest BCUT2D eigenvalue weighted by molar-refractivity contribution is 5.96. The predicted octanol–water partition coefficient (Wildman–Crippen LogP) is 0.886. The molecule has 0 amide bonds. The fraction of sp³-hybridized carbons (Fsp3) is 0.588. The van der Waals surface area contributed by atoms with E-state index in [0.717, 1.165) is 39.3 Å². The highest BCUT2D eigenvalue weighted by Gasteiger charge is 2.18. The van der Waals surface area contributed by atoms with Crippen LogP contribution < -0.4 is 9.47 Å². The van der Waals surface area contributed by atoms with E-state index in [1.807, 2.05) is 0 Å². The minimum absolute atomic E-state index is 0.115. The topological polar surface area (TPSA) is 62.2 Å². The second-order valence-electron chi connectivity index (χ2n) is 5.65. The molecule has 6 heteroatoms. The quantitative estimate of drug-likeness (QED) is 0.717. The van der Waals surface area contributed by atoms with Gasteiger partial charge >= 0.3 is 0 Å². The molecule has 1 aromatic carbocycles. The van der Waals surface area contributed by atoms with Gasteiger partial charge in [0.05, 0.1) is 20.8 Å². The van der Waals surface area contributed by atoms with Gasteiger partial charge in [-0.1, -0.05) is 0 Å². The largest absolute Gasteiger partial charge is 0.493 e. The summed E-state index contributed by atoms with van der Waals surface area (Å²) in [6.07, 6.45) is 0.496. The normalized spacial score (nSPS) is 16.3. The number of carbonyl (C=O) groups is 1. The van der Waals surface area contributed by atoms with Crippen molar-refractivity contribution in [2.45, 2.75) is 6.42 Å². The Morgan fingerprint density at radius 2 is 1.65 bits per heavy atom. The lowest BCUT2D eigenvalue weighted by Gasteiger charge is -2.34. The van der Waals surface area contributed by atoms with E-state index in [1.165, 1.54) is 0 Å². The minimum atomic E-state index is 0.115. The maximum Gasteiger partial charge on any atom is 0.164 e. The number of Topliss-reactive ketones (excluding diaryl/α,β-unsaturated/α-hetero) is 1. The van der Waals surface area contributed by atoms with Crippen molar-refractivity contribution in [3.8, 4) is 11.5 Å². The Balaban J connectivity index is 1.83. The van der Waals surface area contributed by atoms with Gasteiger partial charge in [-0.05, 0) is 18.2 Å². The van der Waals surface area contributed by atoms with Gasteiger partial charge in [-0.3, -0.25) is 9.69 Å². The van der Waals surface area contributed by atoms with E-state index in [4.69, 9.17) is 14.6 Å². The molecule has 1 N–H and O–H groups in total. The monoisotopic (exact) mass is 322 g/mol. The number of ether oxygens (including phenoxy) is 2. The lowest BCUT2D eigenvalue weighted by molar-refractivity contribution is 0.0906. The first-order valence-corrected chi connectivity index (χ1v) is 7.98. The van der Waals surface area contributed by atoms with Crippen LogP contribution in [0.1, 0.15) is 16.8 Å². The summed E-state index contributed by atoms with van der Waals surface area (Å²) in [7, 11) is 3.15. The van der Waals surface area contributed by atoms with Crippen LogP contribution in [0.5, 0.6) is 11.5 Å². The number of ketones is 1. The highest BCUT2D eigenvalue weighted by atomic mass is 16.5. The van der Waals surface area contributed by atoms with E-state index in [1.54, 1.807) is 32.4 Å². The lowest BCUT2D eigenvalue weighted by atomic mass is 10.1. The maximum atomic E-state index is 12.4. The molecule has 1 aliphatic rings. The van der Waals surface area contributed by atoms with Crippen molar-refractivity contribution in [3.05, 3.63) is 23.8 Å². The number of hydrogen-bond donors (Lipinski definition) is 1. The van der Waals surface area contributed by atoms with Crippen LogP contribution in [0.3, 0.4) is 0 Å². The average molecular weight is 322 g/mol. The van der Waals surface area contributed by atoms with Gasteiger partial charge in [0.15, 0.2) is 17.3 Å². The van der Waals surface area contributed by atoms with Gasteiger partial charge in [0.2, 0.25) is 0 Å². The lowest BCUT2D eigenvalue weighted by Crippen LogP contribution is -2.47. The first kappa shape index (κ1) is 17.7. The fourth-order valence-electron chi connectivity index (χ4n) is 2.79. The van der Waals surface area contributed by atoms with Crippen LogP contribution in [0.15, 0.2) is 18.2 Å². The third kappa shape index (κ3) is 4.92. The Hall–Kier alpha value is -1.63. The summed E-state index contributed by atoms with van der Waals surface area (Å²) in [5.41, 5.74) is 0.654. The maximum absolute atomic E-state index is 12.4. The number of carbonyl (C=O) groups excluding carboxylic acids is 1. The first-order chi connectivity index (χ1) is 11.2. The third-order valence-corrected chi connectivity index (χ3v) is 4.24. The smallest absolute Gasteiger partial charge is 0.164 e. The Morgan fingerprint density at radius 3 is 2.22 bits per heavy atom.